The second-order valence-electron chi connectivity index (χ2n) is 10.6. The van der Waals surface area contributed by atoms with Crippen LogP contribution in [0.2, 0.25) is 0 Å². The molecule has 0 aliphatic carbocycles. The first-order valence-electron chi connectivity index (χ1n) is 14.0. The number of benzene rings is 2. The van der Waals surface area contributed by atoms with Gasteiger partial charge in [0.2, 0.25) is 0 Å². The molecule has 2 aromatic rings. The Morgan fingerprint density at radius 3 is 2.56 bits per heavy atom. The van der Waals surface area contributed by atoms with Gasteiger partial charge < -0.3 is 23.7 Å². The van der Waals surface area contributed by atoms with Crippen molar-refractivity contribution in [2.24, 2.45) is 0 Å². The topological polar surface area (TPSA) is 97.4 Å². The van der Waals surface area contributed by atoms with Crippen molar-refractivity contribution in [3.05, 3.63) is 64.7 Å². The number of allylic oxidation sites excluding steroid dienone is 1. The van der Waals surface area contributed by atoms with Gasteiger partial charge in [-0.15, -0.1) is 0 Å². The van der Waals surface area contributed by atoms with Gasteiger partial charge in [0.1, 0.15) is 29.5 Å². The number of cyclic esters (lactones) is 1. The first-order chi connectivity index (χ1) is 19.7. The monoisotopic (exact) mass is 562 g/mol. The fraction of sp³-hybridized carbons (Fsp3) is 0.424. The summed E-state index contributed by atoms with van der Waals surface area (Å²) in [4.78, 5) is 38.6. The summed E-state index contributed by atoms with van der Waals surface area (Å²) in [6, 6.07) is 7.19. The smallest absolute Gasteiger partial charge is 0.342 e. The third-order valence-corrected chi connectivity index (χ3v) is 7.23. The Bertz CT molecular complexity index is 1360. The van der Waals surface area contributed by atoms with Gasteiger partial charge in [-0.1, -0.05) is 24.8 Å². The summed E-state index contributed by atoms with van der Waals surface area (Å²) in [5.41, 5.74) is 3.04. The van der Waals surface area contributed by atoms with E-state index < -0.39 is 17.9 Å². The van der Waals surface area contributed by atoms with Gasteiger partial charge in [-0.05, 0) is 74.4 Å². The molecule has 1 unspecified atom stereocenters. The van der Waals surface area contributed by atoms with Crippen LogP contribution in [0.5, 0.6) is 23.0 Å². The molecule has 4 rings (SSSR count). The molecule has 0 saturated heterocycles. The van der Waals surface area contributed by atoms with Crippen LogP contribution in [0, 0.1) is 0 Å². The molecule has 8 nitrogen and oxygen atoms in total. The summed E-state index contributed by atoms with van der Waals surface area (Å²) in [6.07, 6.45) is 6.98. The van der Waals surface area contributed by atoms with E-state index in [1.54, 1.807) is 25.3 Å². The molecule has 0 spiro atoms. The number of carbonyl (C=O) groups excluding carboxylic acids is 3. The van der Waals surface area contributed by atoms with Crippen LogP contribution in [0.3, 0.4) is 0 Å². The number of esters is 2. The minimum absolute atomic E-state index is 0.0482. The lowest BCUT2D eigenvalue weighted by molar-refractivity contribution is -0.135. The van der Waals surface area contributed by atoms with Crippen molar-refractivity contribution in [2.75, 3.05) is 20.8 Å². The minimum Gasteiger partial charge on any atom is -0.495 e. The van der Waals surface area contributed by atoms with Crippen LogP contribution >= 0.6 is 0 Å². The van der Waals surface area contributed by atoms with Crippen molar-refractivity contribution in [2.45, 2.75) is 70.8 Å². The first kappa shape index (κ1) is 29.9. The van der Waals surface area contributed by atoms with E-state index in [1.165, 1.54) is 7.11 Å². The van der Waals surface area contributed by atoms with Crippen LogP contribution in [0.15, 0.2) is 42.5 Å². The first-order valence-corrected chi connectivity index (χ1v) is 14.0. The lowest BCUT2D eigenvalue weighted by atomic mass is 9.83. The average molecular weight is 563 g/mol. The quantitative estimate of drug-likeness (QED) is 0.221. The summed E-state index contributed by atoms with van der Waals surface area (Å²) in [5, 5.41) is 0. The molecule has 2 atom stereocenters. The SMILES string of the molecule is C=C(C)COc1ccc(C2CC(=O)Oc3cc4c(c(OC)c32)C(=O)O[C@@H](C)CCCC(=O)CCCC=C4)cc1OC. The maximum Gasteiger partial charge on any atom is 0.342 e. The molecule has 0 saturated carbocycles. The van der Waals surface area contributed by atoms with Gasteiger partial charge in [-0.3, -0.25) is 9.59 Å². The fourth-order valence-electron chi connectivity index (χ4n) is 5.22. The number of fused-ring (bicyclic) bond motifs is 2. The van der Waals surface area contributed by atoms with Crippen LogP contribution in [0.4, 0.5) is 0 Å². The summed E-state index contributed by atoms with van der Waals surface area (Å²) in [5.74, 6) is 0.516. The molecule has 2 heterocycles. The zero-order valence-corrected chi connectivity index (χ0v) is 24.2. The highest BCUT2D eigenvalue weighted by molar-refractivity contribution is 5.99. The van der Waals surface area contributed by atoms with Crippen LogP contribution < -0.4 is 18.9 Å². The molecular weight excluding hydrogens is 524 g/mol. The Morgan fingerprint density at radius 1 is 1.05 bits per heavy atom. The van der Waals surface area contributed by atoms with E-state index in [4.69, 9.17) is 23.7 Å². The summed E-state index contributed by atoms with van der Waals surface area (Å²) in [7, 11) is 3.05. The third kappa shape index (κ3) is 7.17. The predicted molar refractivity (Wildman–Crippen MR) is 155 cm³/mol. The number of methoxy groups -OCH3 is 2. The normalized spacial score (nSPS) is 19.7. The lowest BCUT2D eigenvalue weighted by Crippen LogP contribution is -2.24. The zero-order valence-electron chi connectivity index (χ0n) is 24.2. The molecule has 2 aliphatic heterocycles. The number of rotatable bonds is 6. The van der Waals surface area contributed by atoms with Gasteiger partial charge in [0.25, 0.3) is 0 Å². The van der Waals surface area contributed by atoms with Gasteiger partial charge in [-0.25, -0.2) is 4.79 Å². The van der Waals surface area contributed by atoms with E-state index in [0.717, 1.165) is 17.6 Å². The Hall–Kier alpha value is -4.07. The molecule has 0 aromatic heterocycles. The number of carbonyl (C=O) groups is 3. The molecule has 218 valence electrons. The molecule has 2 aliphatic rings. The van der Waals surface area contributed by atoms with Gasteiger partial charge >= 0.3 is 11.9 Å². The largest absolute Gasteiger partial charge is 0.495 e. The van der Waals surface area contributed by atoms with Crippen molar-refractivity contribution in [1.82, 2.24) is 0 Å². The fourth-order valence-corrected chi connectivity index (χ4v) is 5.22. The molecule has 41 heavy (non-hydrogen) atoms. The minimum atomic E-state index is -0.531. The van der Waals surface area contributed by atoms with Crippen molar-refractivity contribution in [1.29, 1.82) is 0 Å². The van der Waals surface area contributed by atoms with Crippen LogP contribution in [0.25, 0.3) is 6.08 Å². The average Bonchev–Trinajstić information content (AvgIpc) is 2.93. The van der Waals surface area contributed by atoms with Gasteiger partial charge in [0.05, 0.1) is 26.7 Å². The highest BCUT2D eigenvalue weighted by Gasteiger charge is 2.36. The van der Waals surface area contributed by atoms with Crippen LogP contribution in [-0.2, 0) is 14.3 Å². The van der Waals surface area contributed by atoms with Gasteiger partial charge in [-0.2, -0.15) is 0 Å². The van der Waals surface area contributed by atoms with E-state index in [2.05, 4.69) is 6.58 Å². The van der Waals surface area contributed by atoms with Crippen LogP contribution in [0.1, 0.15) is 91.8 Å². The van der Waals surface area contributed by atoms with Crippen molar-refractivity contribution >= 4 is 23.8 Å². The molecule has 2 aromatic carbocycles. The van der Waals surface area contributed by atoms with Crippen molar-refractivity contribution in [3.8, 4) is 23.0 Å². The summed E-state index contributed by atoms with van der Waals surface area (Å²) >= 11 is 0. The number of ketones is 1. The highest BCUT2D eigenvalue weighted by Crippen LogP contribution is 2.48. The van der Waals surface area contributed by atoms with Crippen molar-refractivity contribution < 1.29 is 38.1 Å². The van der Waals surface area contributed by atoms with Gasteiger partial charge in [0.15, 0.2) is 11.5 Å². The number of ether oxygens (including phenoxy) is 5. The van der Waals surface area contributed by atoms with E-state index >= 15 is 0 Å². The van der Waals surface area contributed by atoms with Crippen molar-refractivity contribution in [3.63, 3.8) is 0 Å². The second-order valence-corrected chi connectivity index (χ2v) is 10.6. The zero-order chi connectivity index (χ0) is 29.5. The molecule has 0 fully saturated rings. The molecule has 8 heteroatoms. The molecular formula is C33H38O8. The van der Waals surface area contributed by atoms with Gasteiger partial charge in [0, 0.05) is 24.3 Å². The predicted octanol–water partition coefficient (Wildman–Crippen LogP) is 6.58. The van der Waals surface area contributed by atoms with E-state index in [1.807, 2.05) is 32.1 Å². The number of Topliss-reactive ketones (excluding diaryl/α,β-unsaturated/α-hetero) is 1. The van der Waals surface area contributed by atoms with Crippen LogP contribution in [-0.4, -0.2) is 44.7 Å². The van der Waals surface area contributed by atoms with E-state index in [9.17, 15) is 14.4 Å². The molecule has 0 amide bonds. The maximum absolute atomic E-state index is 13.6. The number of hydrogen-bond acceptors (Lipinski definition) is 8. The Morgan fingerprint density at radius 2 is 1.83 bits per heavy atom. The standard InChI is InChI=1S/C33H38O8/c1-20(2)19-39-26-15-14-22(16-27(26)37-4)25-18-29(35)41-28-17-23-11-7-6-8-12-24(34)13-9-10-21(3)40-33(36)30(23)32(38-5)31(25)28/h7,11,14-17,21,25H,1,6,8-10,12-13,18-19H2,2-5H3/t21-,25?/m0/s1. The van der Waals surface area contributed by atoms with E-state index in [-0.39, 0.29) is 23.9 Å². The Kier molecular flexibility index (Phi) is 9.86. The third-order valence-electron chi connectivity index (χ3n) is 7.23. The maximum atomic E-state index is 13.6. The summed E-state index contributed by atoms with van der Waals surface area (Å²) in [6.45, 7) is 7.92. The second kappa shape index (κ2) is 13.5. The summed E-state index contributed by atoms with van der Waals surface area (Å²) < 4.78 is 28.9. The molecule has 0 radical (unpaired) electrons. The molecule has 0 N–H and O–H groups in total. The Labute approximate surface area is 241 Å². The Balaban J connectivity index is 1.82. The number of hydrogen-bond donors (Lipinski definition) is 0. The molecule has 0 bridgehead atoms. The lowest BCUT2D eigenvalue weighted by Gasteiger charge is -2.29. The highest BCUT2D eigenvalue weighted by atomic mass is 16.5. The van der Waals surface area contributed by atoms with E-state index in [0.29, 0.717) is 72.8 Å².